The number of nitrogens with one attached hydrogen (secondary N) is 1. The Bertz CT molecular complexity index is 832. The molecular weight excluding hydrogens is 332 g/mol. The van der Waals surface area contributed by atoms with Crippen LogP contribution in [0.25, 0.3) is 11.5 Å². The Balaban J connectivity index is 1.56. The largest absolute Gasteiger partial charge is 0.466 e. The minimum atomic E-state index is -0.228. The Labute approximate surface area is 151 Å². The molecule has 7 nitrogen and oxygen atoms in total. The first kappa shape index (κ1) is 17.6. The van der Waals surface area contributed by atoms with E-state index in [-0.39, 0.29) is 5.97 Å². The number of carbonyl (C=O) groups is 1. The van der Waals surface area contributed by atoms with Crippen molar-refractivity contribution in [2.75, 3.05) is 18.5 Å². The van der Waals surface area contributed by atoms with Crippen LogP contribution in [0.4, 0.5) is 5.82 Å². The third-order valence-corrected chi connectivity index (χ3v) is 3.62. The molecule has 0 atom stereocenters. The van der Waals surface area contributed by atoms with Crippen LogP contribution in [0.1, 0.15) is 24.7 Å². The third kappa shape index (κ3) is 4.89. The van der Waals surface area contributed by atoms with Crippen molar-refractivity contribution < 1.29 is 14.1 Å². The van der Waals surface area contributed by atoms with E-state index in [0.717, 1.165) is 11.1 Å². The van der Waals surface area contributed by atoms with Crippen molar-refractivity contribution in [3.63, 3.8) is 0 Å². The molecule has 2 aromatic heterocycles. The van der Waals surface area contributed by atoms with Crippen molar-refractivity contribution in [1.82, 2.24) is 15.1 Å². The third-order valence-electron chi connectivity index (χ3n) is 3.62. The van der Waals surface area contributed by atoms with E-state index in [1.54, 1.807) is 13.1 Å². The summed E-state index contributed by atoms with van der Waals surface area (Å²) in [7, 11) is 0. The van der Waals surface area contributed by atoms with Crippen molar-refractivity contribution in [3.05, 3.63) is 60.0 Å². The van der Waals surface area contributed by atoms with E-state index in [0.29, 0.717) is 43.5 Å². The fraction of sp³-hybridized carbons (Fsp3) is 0.263. The van der Waals surface area contributed by atoms with Gasteiger partial charge in [-0.2, -0.15) is 4.98 Å². The molecule has 2 heterocycles. The summed E-state index contributed by atoms with van der Waals surface area (Å²) in [6.45, 7) is 2.64. The van der Waals surface area contributed by atoms with Gasteiger partial charge in [-0.3, -0.25) is 4.79 Å². The van der Waals surface area contributed by atoms with E-state index in [4.69, 9.17) is 9.26 Å². The van der Waals surface area contributed by atoms with E-state index < -0.39 is 0 Å². The number of hydrogen-bond donors (Lipinski definition) is 1. The lowest BCUT2D eigenvalue weighted by atomic mass is 10.1. The number of esters is 1. The first-order chi connectivity index (χ1) is 12.7. The molecule has 0 unspecified atom stereocenters. The van der Waals surface area contributed by atoms with Gasteiger partial charge in [0, 0.05) is 19.2 Å². The molecule has 0 amide bonds. The molecule has 1 N–H and O–H groups in total. The summed E-state index contributed by atoms with van der Waals surface area (Å²) in [5.74, 6) is 1.50. The highest BCUT2D eigenvalue weighted by molar-refractivity contribution is 5.70. The Morgan fingerprint density at radius 3 is 2.77 bits per heavy atom. The summed E-state index contributed by atoms with van der Waals surface area (Å²) in [6.07, 6.45) is 2.57. The van der Waals surface area contributed by atoms with Crippen LogP contribution >= 0.6 is 0 Å². The summed E-state index contributed by atoms with van der Waals surface area (Å²) in [4.78, 5) is 20.0. The zero-order chi connectivity index (χ0) is 18.2. The van der Waals surface area contributed by atoms with E-state index in [1.807, 2.05) is 42.5 Å². The topological polar surface area (TPSA) is 90.1 Å². The molecule has 0 aliphatic carbocycles. The summed E-state index contributed by atoms with van der Waals surface area (Å²) < 4.78 is 10.2. The highest BCUT2D eigenvalue weighted by Gasteiger charge is 2.10. The SMILES string of the molecule is CCOC(=O)CCNc1ccc(-c2nc(Cc3ccccc3)no2)cn1. The van der Waals surface area contributed by atoms with Crippen molar-refractivity contribution in [1.29, 1.82) is 0 Å². The fourth-order valence-electron chi connectivity index (χ4n) is 2.37. The normalized spacial score (nSPS) is 10.5. The van der Waals surface area contributed by atoms with Crippen molar-refractivity contribution in [2.24, 2.45) is 0 Å². The summed E-state index contributed by atoms with van der Waals surface area (Å²) in [6, 6.07) is 13.6. The zero-order valence-corrected chi connectivity index (χ0v) is 14.5. The minimum Gasteiger partial charge on any atom is -0.466 e. The fourth-order valence-corrected chi connectivity index (χ4v) is 2.37. The molecule has 0 saturated carbocycles. The van der Waals surface area contributed by atoms with E-state index >= 15 is 0 Å². The van der Waals surface area contributed by atoms with Gasteiger partial charge in [0.25, 0.3) is 5.89 Å². The van der Waals surface area contributed by atoms with Gasteiger partial charge in [-0.25, -0.2) is 4.98 Å². The number of carbonyl (C=O) groups excluding carboxylic acids is 1. The molecule has 0 aliphatic heterocycles. The number of pyridine rings is 1. The van der Waals surface area contributed by atoms with Crippen LogP contribution in [0.5, 0.6) is 0 Å². The number of rotatable bonds is 8. The molecule has 26 heavy (non-hydrogen) atoms. The van der Waals surface area contributed by atoms with Crippen LogP contribution in [0, 0.1) is 0 Å². The van der Waals surface area contributed by atoms with Crippen LogP contribution in [0.15, 0.2) is 53.2 Å². The molecule has 7 heteroatoms. The van der Waals surface area contributed by atoms with Gasteiger partial charge in [-0.15, -0.1) is 0 Å². The van der Waals surface area contributed by atoms with Crippen molar-refractivity contribution in [2.45, 2.75) is 19.8 Å². The predicted molar refractivity (Wildman–Crippen MR) is 96.5 cm³/mol. The van der Waals surface area contributed by atoms with Crippen molar-refractivity contribution >= 4 is 11.8 Å². The first-order valence-corrected chi connectivity index (χ1v) is 8.47. The summed E-state index contributed by atoms with van der Waals surface area (Å²) >= 11 is 0. The van der Waals surface area contributed by atoms with Gasteiger partial charge >= 0.3 is 5.97 Å². The number of benzene rings is 1. The lowest BCUT2D eigenvalue weighted by molar-refractivity contribution is -0.142. The second-order valence-corrected chi connectivity index (χ2v) is 5.59. The van der Waals surface area contributed by atoms with Gasteiger partial charge in [0.2, 0.25) is 0 Å². The molecule has 1 aromatic carbocycles. The maximum atomic E-state index is 11.3. The maximum Gasteiger partial charge on any atom is 0.307 e. The predicted octanol–water partition coefficient (Wildman–Crippen LogP) is 3.09. The number of hydrogen-bond acceptors (Lipinski definition) is 7. The minimum absolute atomic E-state index is 0.228. The van der Waals surface area contributed by atoms with Crippen LogP contribution < -0.4 is 5.32 Å². The molecule has 0 saturated heterocycles. The monoisotopic (exact) mass is 352 g/mol. The Hall–Kier alpha value is -3.22. The van der Waals surface area contributed by atoms with Crippen LogP contribution in [0.3, 0.4) is 0 Å². The van der Waals surface area contributed by atoms with Gasteiger partial charge in [-0.1, -0.05) is 35.5 Å². The van der Waals surface area contributed by atoms with Gasteiger partial charge in [0.1, 0.15) is 5.82 Å². The van der Waals surface area contributed by atoms with Gasteiger partial charge in [0.05, 0.1) is 18.6 Å². The molecule has 3 aromatic rings. The second-order valence-electron chi connectivity index (χ2n) is 5.59. The molecule has 0 spiro atoms. The lowest BCUT2D eigenvalue weighted by Gasteiger charge is -2.05. The average molecular weight is 352 g/mol. The van der Waals surface area contributed by atoms with E-state index in [9.17, 15) is 4.79 Å². The highest BCUT2D eigenvalue weighted by atomic mass is 16.5. The highest BCUT2D eigenvalue weighted by Crippen LogP contribution is 2.18. The second kappa shape index (κ2) is 8.75. The first-order valence-electron chi connectivity index (χ1n) is 8.47. The van der Waals surface area contributed by atoms with Crippen molar-refractivity contribution in [3.8, 4) is 11.5 Å². The molecule has 0 fully saturated rings. The Morgan fingerprint density at radius 1 is 1.19 bits per heavy atom. The molecule has 0 aliphatic rings. The summed E-state index contributed by atoms with van der Waals surface area (Å²) in [5.41, 5.74) is 1.87. The zero-order valence-electron chi connectivity index (χ0n) is 14.5. The lowest BCUT2D eigenvalue weighted by Crippen LogP contribution is -2.11. The van der Waals surface area contributed by atoms with Gasteiger partial charge in [0.15, 0.2) is 5.82 Å². The average Bonchev–Trinajstić information content (AvgIpc) is 3.12. The number of nitrogens with zero attached hydrogens (tertiary/aromatic N) is 3. The number of aromatic nitrogens is 3. The molecule has 134 valence electrons. The van der Waals surface area contributed by atoms with Gasteiger partial charge < -0.3 is 14.6 Å². The molecule has 0 bridgehead atoms. The number of ether oxygens (including phenoxy) is 1. The Morgan fingerprint density at radius 2 is 2.04 bits per heavy atom. The van der Waals surface area contributed by atoms with E-state index in [1.165, 1.54) is 0 Å². The summed E-state index contributed by atoms with van der Waals surface area (Å²) in [5, 5.41) is 7.09. The van der Waals surface area contributed by atoms with Gasteiger partial charge in [-0.05, 0) is 24.6 Å². The molecular formula is C19H20N4O3. The maximum absolute atomic E-state index is 11.3. The van der Waals surface area contributed by atoms with Crippen LogP contribution in [-0.2, 0) is 16.0 Å². The molecule has 0 radical (unpaired) electrons. The quantitative estimate of drug-likeness (QED) is 0.623. The number of anilines is 1. The standard InChI is InChI=1S/C19H20N4O3/c1-2-25-18(24)10-11-20-16-9-8-15(13-21-16)19-22-17(23-26-19)12-14-6-4-3-5-7-14/h3-9,13H,2,10-12H2,1H3,(H,20,21). The Kier molecular flexibility index (Phi) is 5.92. The van der Waals surface area contributed by atoms with Crippen LogP contribution in [0.2, 0.25) is 0 Å². The van der Waals surface area contributed by atoms with E-state index in [2.05, 4.69) is 20.4 Å². The van der Waals surface area contributed by atoms with Crippen LogP contribution in [-0.4, -0.2) is 34.2 Å². The smallest absolute Gasteiger partial charge is 0.307 e. The molecule has 3 rings (SSSR count).